The van der Waals surface area contributed by atoms with Crippen LogP contribution in [0.3, 0.4) is 0 Å². The highest BCUT2D eigenvalue weighted by Crippen LogP contribution is 2.24. The van der Waals surface area contributed by atoms with Crippen LogP contribution >= 0.6 is 0 Å². The number of unbranched alkanes of at least 4 members (excludes halogenated alkanes) is 2. The van der Waals surface area contributed by atoms with Crippen LogP contribution in [0.15, 0.2) is 18.2 Å². The van der Waals surface area contributed by atoms with Crippen LogP contribution in [0, 0.1) is 6.92 Å². The lowest BCUT2D eigenvalue weighted by Crippen LogP contribution is -2.09. The lowest BCUT2D eigenvalue weighted by molar-refractivity contribution is 0.304. The first kappa shape index (κ1) is 12.9. The van der Waals surface area contributed by atoms with Crippen molar-refractivity contribution in [1.82, 2.24) is 0 Å². The highest BCUT2D eigenvalue weighted by Gasteiger charge is 2.02. The average molecular weight is 221 g/mol. The zero-order valence-electron chi connectivity index (χ0n) is 10.9. The first-order chi connectivity index (χ1) is 7.65. The van der Waals surface area contributed by atoms with E-state index in [-0.39, 0.29) is 0 Å². The number of nitrogens with zero attached hydrogens (tertiary/aromatic N) is 1. The summed E-state index contributed by atoms with van der Waals surface area (Å²) in [6.07, 6.45) is 3.62. The molecule has 2 nitrogen and oxygen atoms in total. The first-order valence-electron chi connectivity index (χ1n) is 6.06. The molecule has 16 heavy (non-hydrogen) atoms. The summed E-state index contributed by atoms with van der Waals surface area (Å²) >= 11 is 0. The first-order valence-corrected chi connectivity index (χ1v) is 6.06. The third-order valence-corrected chi connectivity index (χ3v) is 2.69. The van der Waals surface area contributed by atoms with Crippen molar-refractivity contribution in [1.29, 1.82) is 0 Å². The van der Waals surface area contributed by atoms with Crippen molar-refractivity contribution >= 4 is 5.69 Å². The third-order valence-electron chi connectivity index (χ3n) is 2.69. The molecule has 0 saturated heterocycles. The van der Waals surface area contributed by atoms with Gasteiger partial charge in [0.05, 0.1) is 6.61 Å². The van der Waals surface area contributed by atoms with Crippen molar-refractivity contribution in [2.24, 2.45) is 0 Å². The second kappa shape index (κ2) is 6.41. The largest absolute Gasteiger partial charge is 0.493 e. The average Bonchev–Trinajstić information content (AvgIpc) is 2.26. The third kappa shape index (κ3) is 3.76. The van der Waals surface area contributed by atoms with Crippen LogP contribution in [-0.4, -0.2) is 20.7 Å². The number of hydrogen-bond donors (Lipinski definition) is 0. The minimum Gasteiger partial charge on any atom is -0.493 e. The molecule has 0 radical (unpaired) electrons. The van der Waals surface area contributed by atoms with Crippen molar-refractivity contribution in [3.8, 4) is 5.75 Å². The van der Waals surface area contributed by atoms with E-state index in [0.717, 1.165) is 18.8 Å². The smallest absolute Gasteiger partial charge is 0.124 e. The van der Waals surface area contributed by atoms with E-state index in [9.17, 15) is 0 Å². The molecule has 0 bridgehead atoms. The van der Waals surface area contributed by atoms with Gasteiger partial charge in [0.2, 0.25) is 0 Å². The van der Waals surface area contributed by atoms with Crippen molar-refractivity contribution in [2.45, 2.75) is 33.1 Å². The van der Waals surface area contributed by atoms with E-state index in [1.807, 2.05) is 14.1 Å². The SMILES string of the molecule is CCCCCOc1cc(N(C)C)ccc1C. The Hall–Kier alpha value is -1.18. The minimum absolute atomic E-state index is 0.825. The molecule has 0 aliphatic carbocycles. The number of rotatable bonds is 6. The Morgan fingerprint density at radius 1 is 1.19 bits per heavy atom. The number of hydrogen-bond acceptors (Lipinski definition) is 2. The van der Waals surface area contributed by atoms with Crippen LogP contribution in [0.4, 0.5) is 5.69 Å². The number of aryl methyl sites for hydroxylation is 1. The van der Waals surface area contributed by atoms with E-state index in [1.54, 1.807) is 0 Å². The van der Waals surface area contributed by atoms with Crippen LogP contribution in [-0.2, 0) is 0 Å². The summed E-state index contributed by atoms with van der Waals surface area (Å²) in [6.45, 7) is 5.12. The summed E-state index contributed by atoms with van der Waals surface area (Å²) in [7, 11) is 4.09. The van der Waals surface area contributed by atoms with Crippen LogP contribution in [0.5, 0.6) is 5.75 Å². The number of ether oxygens (including phenoxy) is 1. The molecule has 1 aromatic carbocycles. The van der Waals surface area contributed by atoms with Crippen LogP contribution in [0.1, 0.15) is 31.7 Å². The van der Waals surface area contributed by atoms with E-state index in [1.165, 1.54) is 24.1 Å². The Kier molecular flexibility index (Phi) is 5.17. The van der Waals surface area contributed by atoms with Crippen molar-refractivity contribution in [2.75, 3.05) is 25.6 Å². The lowest BCUT2D eigenvalue weighted by Gasteiger charge is -2.15. The second-order valence-corrected chi connectivity index (χ2v) is 4.40. The summed E-state index contributed by atoms with van der Waals surface area (Å²) in [5.74, 6) is 1.02. The molecule has 0 spiro atoms. The lowest BCUT2D eigenvalue weighted by atomic mass is 10.2. The van der Waals surface area contributed by atoms with Gasteiger partial charge < -0.3 is 9.64 Å². The molecule has 0 aliphatic rings. The van der Waals surface area contributed by atoms with Gasteiger partial charge in [-0.25, -0.2) is 0 Å². The highest BCUT2D eigenvalue weighted by atomic mass is 16.5. The maximum atomic E-state index is 5.80. The van der Waals surface area contributed by atoms with Gasteiger partial charge in [0.1, 0.15) is 5.75 Å². The van der Waals surface area contributed by atoms with Crippen molar-refractivity contribution in [3.63, 3.8) is 0 Å². The minimum atomic E-state index is 0.825. The summed E-state index contributed by atoms with van der Waals surface area (Å²) in [5.41, 5.74) is 2.40. The molecule has 0 saturated carbocycles. The quantitative estimate of drug-likeness (QED) is 0.680. The summed E-state index contributed by atoms with van der Waals surface area (Å²) < 4.78 is 5.80. The zero-order valence-corrected chi connectivity index (χ0v) is 10.9. The second-order valence-electron chi connectivity index (χ2n) is 4.40. The van der Waals surface area contributed by atoms with Crippen molar-refractivity contribution < 1.29 is 4.74 Å². The fourth-order valence-corrected chi connectivity index (χ4v) is 1.56. The fourth-order valence-electron chi connectivity index (χ4n) is 1.56. The Balaban J connectivity index is 2.60. The maximum Gasteiger partial charge on any atom is 0.124 e. The van der Waals surface area contributed by atoms with E-state index < -0.39 is 0 Å². The summed E-state index contributed by atoms with van der Waals surface area (Å²) in [4.78, 5) is 2.10. The molecule has 0 N–H and O–H groups in total. The predicted octanol–water partition coefficient (Wildman–Crippen LogP) is 3.63. The number of benzene rings is 1. The van der Waals surface area contributed by atoms with Gasteiger partial charge in [-0.2, -0.15) is 0 Å². The molecule has 90 valence electrons. The zero-order chi connectivity index (χ0) is 12.0. The highest BCUT2D eigenvalue weighted by molar-refractivity contribution is 5.52. The molecule has 0 atom stereocenters. The summed E-state index contributed by atoms with van der Waals surface area (Å²) in [6, 6.07) is 6.35. The van der Waals surface area contributed by atoms with Gasteiger partial charge in [0.25, 0.3) is 0 Å². The van der Waals surface area contributed by atoms with Gasteiger partial charge in [0.15, 0.2) is 0 Å². The monoisotopic (exact) mass is 221 g/mol. The Morgan fingerprint density at radius 2 is 1.94 bits per heavy atom. The van der Waals surface area contributed by atoms with E-state index in [0.29, 0.717) is 0 Å². The normalized spacial score (nSPS) is 10.2. The molecular weight excluding hydrogens is 198 g/mol. The van der Waals surface area contributed by atoms with Gasteiger partial charge in [-0.15, -0.1) is 0 Å². The molecule has 0 fully saturated rings. The van der Waals surface area contributed by atoms with Gasteiger partial charge in [-0.3, -0.25) is 0 Å². The Morgan fingerprint density at radius 3 is 2.56 bits per heavy atom. The van der Waals surface area contributed by atoms with E-state index >= 15 is 0 Å². The predicted molar refractivity (Wildman–Crippen MR) is 70.5 cm³/mol. The van der Waals surface area contributed by atoms with E-state index in [2.05, 4.69) is 36.9 Å². The Bertz CT molecular complexity index is 321. The molecule has 0 unspecified atom stereocenters. The molecule has 0 aromatic heterocycles. The summed E-state index contributed by atoms with van der Waals surface area (Å²) in [5, 5.41) is 0. The van der Waals surface area contributed by atoms with Gasteiger partial charge >= 0.3 is 0 Å². The van der Waals surface area contributed by atoms with Gasteiger partial charge in [0, 0.05) is 25.8 Å². The molecular formula is C14H23NO. The number of anilines is 1. The molecule has 1 rings (SSSR count). The molecule has 1 aromatic rings. The fraction of sp³-hybridized carbons (Fsp3) is 0.571. The van der Waals surface area contributed by atoms with Gasteiger partial charge in [-0.1, -0.05) is 25.8 Å². The van der Waals surface area contributed by atoms with Crippen molar-refractivity contribution in [3.05, 3.63) is 23.8 Å². The van der Waals surface area contributed by atoms with Crippen LogP contribution < -0.4 is 9.64 Å². The molecule has 0 amide bonds. The Labute approximate surface area is 99.2 Å². The molecule has 2 heteroatoms. The van der Waals surface area contributed by atoms with Gasteiger partial charge in [-0.05, 0) is 25.0 Å². The molecule has 0 aliphatic heterocycles. The van der Waals surface area contributed by atoms with Crippen LogP contribution in [0.2, 0.25) is 0 Å². The standard InChI is InChI=1S/C14H23NO/c1-5-6-7-10-16-14-11-13(15(3)4)9-8-12(14)2/h8-9,11H,5-7,10H2,1-4H3. The molecule has 0 heterocycles. The van der Waals surface area contributed by atoms with E-state index in [4.69, 9.17) is 4.74 Å². The maximum absolute atomic E-state index is 5.80. The topological polar surface area (TPSA) is 12.5 Å². The van der Waals surface area contributed by atoms with Crippen LogP contribution in [0.25, 0.3) is 0 Å².